The highest BCUT2D eigenvalue weighted by atomic mass is 32.2. The highest BCUT2D eigenvalue weighted by molar-refractivity contribution is 7.83. The molecule has 1 aliphatic carbocycles. The van der Waals surface area contributed by atoms with Crippen LogP contribution < -0.4 is 14.3 Å². The lowest BCUT2D eigenvalue weighted by molar-refractivity contribution is 0.307. The number of fused-ring (bicyclic) bond motifs is 1. The zero-order valence-corrected chi connectivity index (χ0v) is 20.5. The molecule has 1 aliphatic rings. The second-order valence-corrected chi connectivity index (χ2v) is 10.8. The van der Waals surface area contributed by atoms with Crippen molar-refractivity contribution in [2.24, 2.45) is 0 Å². The van der Waals surface area contributed by atoms with E-state index < -0.39 is 11.0 Å². The quantitative estimate of drug-likeness (QED) is 0.391. The standard InChI is InChI=1S/C25H26N4O3S2/c1-16-14-17(20-6-2-4-8-22(20)26-16)15-32-18-10-12-19(13-11-18)34(31)29-23-9-5-3-7-21(23)24-27-28-25(30)33-24/h2,4,6,8,10-14,21,23,29H,3,5,7,9,15H2,1H3,(H,28,30). The first-order valence-electron chi connectivity index (χ1n) is 11.4. The van der Waals surface area contributed by atoms with Crippen molar-refractivity contribution < 1.29 is 8.95 Å². The van der Waals surface area contributed by atoms with E-state index in [1.165, 1.54) is 0 Å². The molecule has 0 radical (unpaired) electrons. The van der Waals surface area contributed by atoms with Gasteiger partial charge >= 0.3 is 4.87 Å². The van der Waals surface area contributed by atoms with E-state index in [2.05, 4.69) is 26.0 Å². The van der Waals surface area contributed by atoms with Gasteiger partial charge in [0.2, 0.25) is 0 Å². The van der Waals surface area contributed by atoms with Gasteiger partial charge in [0.1, 0.15) is 28.3 Å². The number of para-hydroxylation sites is 1. The van der Waals surface area contributed by atoms with Crippen molar-refractivity contribution in [2.45, 2.75) is 56.1 Å². The summed E-state index contributed by atoms with van der Waals surface area (Å²) in [5.41, 5.74) is 3.00. The molecule has 34 heavy (non-hydrogen) atoms. The van der Waals surface area contributed by atoms with Gasteiger partial charge in [-0.2, -0.15) is 5.10 Å². The molecule has 5 rings (SSSR count). The van der Waals surface area contributed by atoms with Gasteiger partial charge in [-0.25, -0.2) is 14.0 Å². The fourth-order valence-electron chi connectivity index (χ4n) is 4.51. The van der Waals surface area contributed by atoms with Gasteiger partial charge in [-0.3, -0.25) is 9.78 Å². The number of nitrogens with zero attached hydrogens (tertiary/aromatic N) is 2. The van der Waals surface area contributed by atoms with Crippen LogP contribution in [0.25, 0.3) is 10.9 Å². The average Bonchev–Trinajstić information content (AvgIpc) is 3.29. The lowest BCUT2D eigenvalue weighted by Crippen LogP contribution is -2.38. The molecule has 2 N–H and O–H groups in total. The summed E-state index contributed by atoms with van der Waals surface area (Å²) in [4.78, 5) is 16.7. The largest absolute Gasteiger partial charge is 0.489 e. The number of ether oxygens (including phenoxy) is 1. The molecule has 1 saturated carbocycles. The molecule has 2 aromatic carbocycles. The third kappa shape index (κ3) is 5.11. The summed E-state index contributed by atoms with van der Waals surface area (Å²) in [6, 6.07) is 17.5. The summed E-state index contributed by atoms with van der Waals surface area (Å²) in [6.45, 7) is 2.41. The van der Waals surface area contributed by atoms with Gasteiger partial charge in [-0.05, 0) is 56.2 Å². The maximum Gasteiger partial charge on any atom is 0.322 e. The van der Waals surface area contributed by atoms with Crippen LogP contribution in [0.4, 0.5) is 0 Å². The number of nitrogens with one attached hydrogen (secondary N) is 2. The van der Waals surface area contributed by atoms with Crippen molar-refractivity contribution in [2.75, 3.05) is 0 Å². The molecule has 0 bridgehead atoms. The molecule has 4 aromatic rings. The fraction of sp³-hybridized carbons (Fsp3) is 0.320. The lowest BCUT2D eigenvalue weighted by atomic mass is 9.85. The maximum absolute atomic E-state index is 13.0. The summed E-state index contributed by atoms with van der Waals surface area (Å²) in [7, 11) is -1.36. The number of H-pyrrole nitrogens is 1. The van der Waals surface area contributed by atoms with Gasteiger partial charge in [0, 0.05) is 28.6 Å². The fourth-order valence-corrected chi connectivity index (χ4v) is 6.39. The number of hydrogen-bond donors (Lipinski definition) is 2. The van der Waals surface area contributed by atoms with Crippen LogP contribution in [-0.2, 0) is 17.6 Å². The van der Waals surface area contributed by atoms with Gasteiger partial charge in [0.25, 0.3) is 0 Å². The topological polar surface area (TPSA) is 97.0 Å². The third-order valence-electron chi connectivity index (χ3n) is 6.16. The number of rotatable bonds is 7. The first kappa shape index (κ1) is 22.9. The minimum atomic E-state index is -1.36. The average molecular weight is 495 g/mol. The number of hydrogen-bond acceptors (Lipinski definition) is 6. The van der Waals surface area contributed by atoms with E-state index in [0.29, 0.717) is 11.5 Å². The Balaban J connectivity index is 1.24. The normalized spacial score (nSPS) is 19.2. The number of aryl methyl sites for hydroxylation is 1. The van der Waals surface area contributed by atoms with Gasteiger partial charge in [0.15, 0.2) is 0 Å². The summed E-state index contributed by atoms with van der Waals surface area (Å²) < 4.78 is 22.3. The lowest BCUT2D eigenvalue weighted by Gasteiger charge is -2.30. The third-order valence-corrected chi connectivity index (χ3v) is 8.26. The molecule has 3 unspecified atom stereocenters. The molecule has 9 heteroatoms. The van der Waals surface area contributed by atoms with Crippen molar-refractivity contribution in [1.82, 2.24) is 19.9 Å². The predicted octanol–water partition coefficient (Wildman–Crippen LogP) is 4.61. The Labute approximate surface area is 204 Å². The Kier molecular flexibility index (Phi) is 6.85. The van der Waals surface area contributed by atoms with Crippen LogP contribution in [0.15, 0.2) is 64.3 Å². The smallest absolute Gasteiger partial charge is 0.322 e. The second kappa shape index (κ2) is 10.2. The predicted molar refractivity (Wildman–Crippen MR) is 135 cm³/mol. The van der Waals surface area contributed by atoms with Gasteiger partial charge in [0.05, 0.1) is 10.4 Å². The molecule has 0 saturated heterocycles. The van der Waals surface area contributed by atoms with Crippen LogP contribution in [0.5, 0.6) is 5.75 Å². The van der Waals surface area contributed by atoms with E-state index in [0.717, 1.165) is 69.9 Å². The first-order valence-corrected chi connectivity index (χ1v) is 13.3. The van der Waals surface area contributed by atoms with Crippen molar-refractivity contribution in [3.05, 3.63) is 80.5 Å². The monoisotopic (exact) mass is 494 g/mol. The molecule has 3 atom stereocenters. The Morgan fingerprint density at radius 2 is 1.94 bits per heavy atom. The Bertz CT molecular complexity index is 1370. The van der Waals surface area contributed by atoms with Crippen molar-refractivity contribution in [1.29, 1.82) is 0 Å². The Hall–Kier alpha value is -2.88. The molecule has 0 spiro atoms. The van der Waals surface area contributed by atoms with Gasteiger partial charge in [-0.1, -0.05) is 42.4 Å². The van der Waals surface area contributed by atoms with E-state index >= 15 is 0 Å². The van der Waals surface area contributed by atoms with E-state index in [1.54, 1.807) is 0 Å². The van der Waals surface area contributed by atoms with E-state index in [9.17, 15) is 9.00 Å². The van der Waals surface area contributed by atoms with Crippen LogP contribution in [0.1, 0.15) is 47.9 Å². The van der Waals surface area contributed by atoms with Crippen LogP contribution in [0, 0.1) is 6.92 Å². The minimum Gasteiger partial charge on any atom is -0.489 e. The summed E-state index contributed by atoms with van der Waals surface area (Å²) in [5, 5.41) is 8.55. The highest BCUT2D eigenvalue weighted by Crippen LogP contribution is 2.33. The van der Waals surface area contributed by atoms with Crippen LogP contribution in [-0.4, -0.2) is 25.4 Å². The number of aromatic amines is 1. The zero-order chi connectivity index (χ0) is 23.5. The molecule has 7 nitrogen and oxygen atoms in total. The minimum absolute atomic E-state index is 0.0210. The van der Waals surface area contributed by atoms with Gasteiger partial charge < -0.3 is 4.74 Å². The molecular formula is C25H26N4O3S2. The van der Waals surface area contributed by atoms with Crippen molar-refractivity contribution in [3.8, 4) is 5.75 Å². The molecular weight excluding hydrogens is 468 g/mol. The molecule has 2 heterocycles. The van der Waals surface area contributed by atoms with Crippen molar-refractivity contribution >= 4 is 33.2 Å². The molecule has 0 amide bonds. The SMILES string of the molecule is Cc1cc(COc2ccc(S(=O)NC3CCCCC3c3n[nH]c(=O)s3)cc2)c2ccccc2n1. The second-order valence-electron chi connectivity index (χ2n) is 8.54. The molecule has 1 fully saturated rings. The van der Waals surface area contributed by atoms with E-state index in [1.807, 2.05) is 55.5 Å². The zero-order valence-electron chi connectivity index (χ0n) is 18.8. The maximum atomic E-state index is 13.0. The Morgan fingerprint density at radius 3 is 2.74 bits per heavy atom. The molecule has 2 aromatic heterocycles. The molecule has 176 valence electrons. The number of benzene rings is 2. The summed E-state index contributed by atoms with van der Waals surface area (Å²) >= 11 is 1.15. The van der Waals surface area contributed by atoms with Crippen LogP contribution in [0.3, 0.4) is 0 Å². The van der Waals surface area contributed by atoms with E-state index in [-0.39, 0.29) is 16.8 Å². The van der Waals surface area contributed by atoms with E-state index in [4.69, 9.17) is 4.74 Å². The van der Waals surface area contributed by atoms with Gasteiger partial charge in [-0.15, -0.1) is 0 Å². The van der Waals surface area contributed by atoms with Crippen LogP contribution >= 0.6 is 11.3 Å². The van der Waals surface area contributed by atoms with Crippen molar-refractivity contribution in [3.63, 3.8) is 0 Å². The number of aromatic nitrogens is 3. The molecule has 0 aliphatic heterocycles. The Morgan fingerprint density at radius 1 is 1.15 bits per heavy atom. The van der Waals surface area contributed by atoms with Crippen LogP contribution in [0.2, 0.25) is 0 Å². The summed E-state index contributed by atoms with van der Waals surface area (Å²) in [6.07, 6.45) is 4.00. The highest BCUT2D eigenvalue weighted by Gasteiger charge is 2.30. The first-order chi connectivity index (χ1) is 16.6. The number of pyridine rings is 1. The summed E-state index contributed by atoms with van der Waals surface area (Å²) in [5.74, 6) is 0.819.